The third-order valence-electron chi connectivity index (χ3n) is 2.81. The minimum Gasteiger partial charge on any atom is -0.496 e. The fraction of sp³-hybridized carbons (Fsp3) is 0.417. The largest absolute Gasteiger partial charge is 0.496 e. The first kappa shape index (κ1) is 17.2. The zero-order valence-corrected chi connectivity index (χ0v) is 13.6. The molecule has 20 heavy (non-hydrogen) atoms. The standard InChI is InChI=1S/C12H17ClN2O3S2/c1-3-11(12(14)19)20(16,17)15-7-8-9(13)5-4-6-10(8)18-2/h4-6,11,15H,3,7H2,1-2H3,(H2,14,19). The second-order valence-corrected chi connectivity index (χ2v) is 6.91. The van der Waals surface area contributed by atoms with Crippen LogP contribution in [0.15, 0.2) is 18.2 Å². The van der Waals surface area contributed by atoms with Crippen LogP contribution in [0.25, 0.3) is 0 Å². The molecule has 0 bridgehead atoms. The molecule has 0 aliphatic heterocycles. The maximum Gasteiger partial charge on any atom is 0.221 e. The molecule has 0 fully saturated rings. The summed E-state index contributed by atoms with van der Waals surface area (Å²) in [5.74, 6) is 0.517. The number of thiocarbonyl (C=S) groups is 1. The maximum atomic E-state index is 12.1. The Morgan fingerprint density at radius 3 is 2.70 bits per heavy atom. The molecule has 0 amide bonds. The summed E-state index contributed by atoms with van der Waals surface area (Å²) in [6, 6.07) is 5.10. The number of halogens is 1. The van der Waals surface area contributed by atoms with Crippen LogP contribution in [0.5, 0.6) is 5.75 Å². The van der Waals surface area contributed by atoms with Crippen molar-refractivity contribution >= 4 is 38.8 Å². The Kier molecular flexibility index (Phi) is 6.19. The highest BCUT2D eigenvalue weighted by atomic mass is 35.5. The molecular weight excluding hydrogens is 320 g/mol. The van der Waals surface area contributed by atoms with E-state index in [-0.39, 0.29) is 11.5 Å². The Morgan fingerprint density at radius 1 is 1.55 bits per heavy atom. The fourth-order valence-corrected chi connectivity index (χ4v) is 3.82. The number of nitrogens with one attached hydrogen (secondary N) is 1. The van der Waals surface area contributed by atoms with Crippen molar-refractivity contribution in [1.29, 1.82) is 0 Å². The lowest BCUT2D eigenvalue weighted by Gasteiger charge is -2.16. The summed E-state index contributed by atoms with van der Waals surface area (Å²) >= 11 is 10.8. The molecule has 0 aliphatic carbocycles. The summed E-state index contributed by atoms with van der Waals surface area (Å²) in [6.45, 7) is 1.73. The molecule has 8 heteroatoms. The summed E-state index contributed by atoms with van der Waals surface area (Å²) in [6.07, 6.45) is 0.310. The van der Waals surface area contributed by atoms with E-state index in [2.05, 4.69) is 4.72 Å². The van der Waals surface area contributed by atoms with Gasteiger partial charge in [0, 0.05) is 17.1 Å². The second kappa shape index (κ2) is 7.21. The zero-order chi connectivity index (χ0) is 15.3. The minimum absolute atomic E-state index is 0.0181. The molecule has 0 saturated carbocycles. The molecule has 1 unspecified atom stereocenters. The summed E-state index contributed by atoms with van der Waals surface area (Å²) in [4.78, 5) is -0.0499. The van der Waals surface area contributed by atoms with Gasteiger partial charge in [-0.05, 0) is 18.6 Å². The van der Waals surface area contributed by atoms with E-state index in [1.165, 1.54) is 7.11 Å². The number of hydrogen-bond acceptors (Lipinski definition) is 4. The average Bonchev–Trinajstić information content (AvgIpc) is 2.36. The molecule has 0 saturated heterocycles. The molecule has 3 N–H and O–H groups in total. The van der Waals surface area contributed by atoms with E-state index >= 15 is 0 Å². The van der Waals surface area contributed by atoms with E-state index in [0.29, 0.717) is 22.8 Å². The highest BCUT2D eigenvalue weighted by Crippen LogP contribution is 2.26. The molecule has 1 atom stereocenters. The lowest BCUT2D eigenvalue weighted by atomic mass is 10.2. The molecule has 1 aromatic rings. The predicted octanol–water partition coefficient (Wildman–Crippen LogP) is 1.83. The van der Waals surface area contributed by atoms with E-state index in [1.807, 2.05) is 0 Å². The van der Waals surface area contributed by atoms with Crippen LogP contribution in [0.1, 0.15) is 18.9 Å². The van der Waals surface area contributed by atoms with Crippen molar-refractivity contribution in [1.82, 2.24) is 4.72 Å². The Hall–Kier alpha value is -0.890. The molecule has 0 heterocycles. The predicted molar refractivity (Wildman–Crippen MR) is 84.6 cm³/mol. The first-order chi connectivity index (χ1) is 9.33. The maximum absolute atomic E-state index is 12.1. The van der Waals surface area contributed by atoms with E-state index in [9.17, 15) is 8.42 Å². The van der Waals surface area contributed by atoms with E-state index in [1.54, 1.807) is 25.1 Å². The van der Waals surface area contributed by atoms with Gasteiger partial charge in [0.25, 0.3) is 0 Å². The van der Waals surface area contributed by atoms with Crippen LogP contribution in [0.4, 0.5) is 0 Å². The van der Waals surface area contributed by atoms with Crippen molar-refractivity contribution in [2.75, 3.05) is 7.11 Å². The van der Waals surface area contributed by atoms with Crippen LogP contribution >= 0.6 is 23.8 Å². The number of methoxy groups -OCH3 is 1. The molecule has 1 rings (SSSR count). The summed E-state index contributed by atoms with van der Waals surface area (Å²) in [5.41, 5.74) is 6.02. The number of ether oxygens (including phenoxy) is 1. The van der Waals surface area contributed by atoms with E-state index in [0.717, 1.165) is 0 Å². The lowest BCUT2D eigenvalue weighted by molar-refractivity contribution is 0.409. The molecule has 0 aromatic heterocycles. The van der Waals surface area contributed by atoms with Crippen molar-refractivity contribution in [3.05, 3.63) is 28.8 Å². The van der Waals surface area contributed by atoms with Crippen LogP contribution in [0.3, 0.4) is 0 Å². The average molecular weight is 337 g/mol. The molecule has 0 radical (unpaired) electrons. The number of nitrogens with two attached hydrogens (primary N) is 1. The van der Waals surface area contributed by atoms with Gasteiger partial charge in [0.15, 0.2) is 0 Å². The summed E-state index contributed by atoms with van der Waals surface area (Å²) in [5, 5.41) is -0.471. The van der Waals surface area contributed by atoms with Crippen LogP contribution < -0.4 is 15.2 Å². The SMILES string of the molecule is CCC(C(N)=S)S(=O)(=O)NCc1c(Cl)cccc1OC. The van der Waals surface area contributed by atoms with Gasteiger partial charge in [-0.2, -0.15) is 0 Å². The van der Waals surface area contributed by atoms with Crippen molar-refractivity contribution < 1.29 is 13.2 Å². The number of rotatable bonds is 7. The molecule has 112 valence electrons. The Morgan fingerprint density at radius 2 is 2.20 bits per heavy atom. The van der Waals surface area contributed by atoms with Crippen molar-refractivity contribution in [2.24, 2.45) is 5.73 Å². The third-order valence-corrected chi connectivity index (χ3v) is 5.48. The molecule has 5 nitrogen and oxygen atoms in total. The van der Waals surface area contributed by atoms with Gasteiger partial charge in [-0.15, -0.1) is 0 Å². The van der Waals surface area contributed by atoms with Gasteiger partial charge in [0.05, 0.1) is 12.1 Å². The van der Waals surface area contributed by atoms with Crippen LogP contribution in [0.2, 0.25) is 5.02 Å². The lowest BCUT2D eigenvalue weighted by Crippen LogP contribution is -2.41. The van der Waals surface area contributed by atoms with Gasteiger partial charge in [-0.25, -0.2) is 13.1 Å². The van der Waals surface area contributed by atoms with Crippen molar-refractivity contribution in [2.45, 2.75) is 25.1 Å². The highest BCUT2D eigenvalue weighted by molar-refractivity contribution is 7.93. The normalized spacial score (nSPS) is 12.9. The van der Waals surface area contributed by atoms with E-state index < -0.39 is 15.3 Å². The Labute approximate surface area is 129 Å². The van der Waals surface area contributed by atoms with Gasteiger partial charge in [-0.3, -0.25) is 0 Å². The molecule has 0 aliphatic rings. The number of benzene rings is 1. The minimum atomic E-state index is -3.64. The number of hydrogen-bond donors (Lipinski definition) is 2. The smallest absolute Gasteiger partial charge is 0.221 e. The quantitative estimate of drug-likeness (QED) is 0.742. The van der Waals surface area contributed by atoms with Crippen LogP contribution in [-0.4, -0.2) is 25.8 Å². The van der Waals surface area contributed by atoms with Gasteiger partial charge in [0.2, 0.25) is 10.0 Å². The zero-order valence-electron chi connectivity index (χ0n) is 11.2. The molecule has 0 spiro atoms. The molecular formula is C12H17ClN2O3S2. The first-order valence-electron chi connectivity index (χ1n) is 5.92. The topological polar surface area (TPSA) is 81.4 Å². The van der Waals surface area contributed by atoms with Gasteiger partial charge < -0.3 is 10.5 Å². The Balaban J connectivity index is 2.94. The fourth-order valence-electron chi connectivity index (χ4n) is 1.75. The van der Waals surface area contributed by atoms with Crippen molar-refractivity contribution in [3.63, 3.8) is 0 Å². The number of sulfonamides is 1. The molecule has 1 aromatic carbocycles. The summed E-state index contributed by atoms with van der Waals surface area (Å²) < 4.78 is 31.9. The first-order valence-corrected chi connectivity index (χ1v) is 8.25. The monoisotopic (exact) mass is 336 g/mol. The van der Waals surface area contributed by atoms with Crippen LogP contribution in [-0.2, 0) is 16.6 Å². The van der Waals surface area contributed by atoms with Gasteiger partial charge >= 0.3 is 0 Å². The van der Waals surface area contributed by atoms with Gasteiger partial charge in [-0.1, -0.05) is 36.8 Å². The Bertz CT molecular complexity index is 590. The van der Waals surface area contributed by atoms with Crippen LogP contribution in [0, 0.1) is 0 Å². The third kappa shape index (κ3) is 4.05. The second-order valence-electron chi connectivity index (χ2n) is 4.09. The summed E-state index contributed by atoms with van der Waals surface area (Å²) in [7, 11) is -2.15. The van der Waals surface area contributed by atoms with E-state index in [4.69, 9.17) is 34.3 Å². The highest BCUT2D eigenvalue weighted by Gasteiger charge is 2.26. The van der Waals surface area contributed by atoms with Gasteiger partial charge in [0.1, 0.15) is 11.0 Å². The van der Waals surface area contributed by atoms with Crippen molar-refractivity contribution in [3.8, 4) is 5.75 Å².